The third-order valence-corrected chi connectivity index (χ3v) is 6.16. The smallest absolute Gasteiger partial charge is 0.339 e. The van der Waals surface area contributed by atoms with Crippen LogP contribution in [0.3, 0.4) is 0 Å². The van der Waals surface area contributed by atoms with Crippen molar-refractivity contribution in [3.63, 3.8) is 0 Å². The SMILES string of the molecule is CCNCC1CCN(S(=O)(=O)c2cc(F)ccc2C(=O)OC)CC1.Cl. The van der Waals surface area contributed by atoms with Crippen molar-refractivity contribution in [2.45, 2.75) is 24.7 Å². The standard InChI is InChI=1S/C16H23FN2O4S.ClH/c1-3-18-11-12-6-8-19(9-7-12)24(21,22)15-10-13(17)4-5-14(15)16(20)23-2;/h4-5,10,12,18H,3,6-9,11H2,1-2H3;1H. The van der Waals surface area contributed by atoms with Crippen molar-refractivity contribution in [3.05, 3.63) is 29.6 Å². The van der Waals surface area contributed by atoms with Gasteiger partial charge in [-0.05, 0) is 50.0 Å². The lowest BCUT2D eigenvalue weighted by molar-refractivity contribution is 0.0596. The highest BCUT2D eigenvalue weighted by molar-refractivity contribution is 7.89. The number of hydrogen-bond donors (Lipinski definition) is 1. The molecule has 0 bridgehead atoms. The van der Waals surface area contributed by atoms with Gasteiger partial charge in [-0.25, -0.2) is 17.6 Å². The number of piperidine rings is 1. The Balaban J connectivity index is 0.00000312. The molecule has 1 fully saturated rings. The van der Waals surface area contributed by atoms with Crippen molar-refractivity contribution in [2.24, 2.45) is 5.92 Å². The van der Waals surface area contributed by atoms with Crippen LogP contribution in [0.1, 0.15) is 30.1 Å². The maximum atomic E-state index is 13.6. The number of hydrogen-bond acceptors (Lipinski definition) is 5. The maximum Gasteiger partial charge on any atom is 0.339 e. The number of ether oxygens (including phenoxy) is 1. The lowest BCUT2D eigenvalue weighted by Crippen LogP contribution is -2.41. The van der Waals surface area contributed by atoms with E-state index in [0.717, 1.165) is 51.2 Å². The van der Waals surface area contributed by atoms with Crippen molar-refractivity contribution in [1.29, 1.82) is 0 Å². The normalized spacial score (nSPS) is 16.3. The molecule has 0 unspecified atom stereocenters. The lowest BCUT2D eigenvalue weighted by Gasteiger charge is -2.31. The first kappa shape index (κ1) is 21.8. The summed E-state index contributed by atoms with van der Waals surface area (Å²) in [6.07, 6.45) is 1.46. The number of halogens is 2. The molecule has 1 heterocycles. The molecule has 0 amide bonds. The fourth-order valence-electron chi connectivity index (χ4n) is 2.83. The second-order valence-corrected chi connectivity index (χ2v) is 7.69. The van der Waals surface area contributed by atoms with Crippen LogP contribution in [0.2, 0.25) is 0 Å². The van der Waals surface area contributed by atoms with Crippen molar-refractivity contribution < 1.29 is 22.3 Å². The highest BCUT2D eigenvalue weighted by atomic mass is 35.5. The van der Waals surface area contributed by atoms with Gasteiger partial charge in [0.05, 0.1) is 17.6 Å². The minimum atomic E-state index is -3.94. The quantitative estimate of drug-likeness (QED) is 0.747. The fourth-order valence-corrected chi connectivity index (χ4v) is 4.49. The summed E-state index contributed by atoms with van der Waals surface area (Å²) >= 11 is 0. The van der Waals surface area contributed by atoms with E-state index in [4.69, 9.17) is 0 Å². The van der Waals surface area contributed by atoms with E-state index in [9.17, 15) is 17.6 Å². The van der Waals surface area contributed by atoms with E-state index in [2.05, 4.69) is 10.1 Å². The zero-order valence-corrected chi connectivity index (χ0v) is 16.0. The van der Waals surface area contributed by atoms with Crippen LogP contribution < -0.4 is 5.32 Å². The Hall–Kier alpha value is -1.22. The Kier molecular flexibility index (Phi) is 8.27. The van der Waals surface area contributed by atoms with Crippen LogP contribution >= 0.6 is 12.4 Å². The number of methoxy groups -OCH3 is 1. The van der Waals surface area contributed by atoms with Gasteiger partial charge in [0.1, 0.15) is 5.82 Å². The lowest BCUT2D eigenvalue weighted by atomic mass is 9.98. The van der Waals surface area contributed by atoms with Crippen LogP contribution in [-0.2, 0) is 14.8 Å². The summed E-state index contributed by atoms with van der Waals surface area (Å²) in [5, 5.41) is 3.26. The molecule has 1 N–H and O–H groups in total. The van der Waals surface area contributed by atoms with Crippen molar-refractivity contribution in [3.8, 4) is 0 Å². The van der Waals surface area contributed by atoms with Gasteiger partial charge in [0, 0.05) is 13.1 Å². The topological polar surface area (TPSA) is 75.7 Å². The molecule has 0 aliphatic carbocycles. The number of sulfonamides is 1. The second kappa shape index (κ2) is 9.47. The summed E-state index contributed by atoms with van der Waals surface area (Å²) in [6, 6.07) is 3.08. The minimum Gasteiger partial charge on any atom is -0.465 e. The average molecular weight is 395 g/mol. The van der Waals surface area contributed by atoms with Crippen molar-refractivity contribution >= 4 is 28.4 Å². The summed E-state index contributed by atoms with van der Waals surface area (Å²) in [4.78, 5) is 11.5. The van der Waals surface area contributed by atoms with Gasteiger partial charge in [-0.2, -0.15) is 4.31 Å². The van der Waals surface area contributed by atoms with Gasteiger partial charge in [0.25, 0.3) is 0 Å². The number of carbonyl (C=O) groups is 1. The van der Waals surface area contributed by atoms with E-state index in [1.807, 2.05) is 6.92 Å². The summed E-state index contributed by atoms with van der Waals surface area (Å²) in [5.41, 5.74) is -0.145. The first-order valence-corrected chi connectivity index (χ1v) is 9.43. The molecule has 0 spiro atoms. The summed E-state index contributed by atoms with van der Waals surface area (Å²) < 4.78 is 45.2. The Morgan fingerprint density at radius 1 is 1.36 bits per heavy atom. The minimum absolute atomic E-state index is 0. The molecule has 1 aromatic carbocycles. The fraction of sp³-hybridized carbons (Fsp3) is 0.562. The van der Waals surface area contributed by atoms with E-state index in [0.29, 0.717) is 19.0 Å². The van der Waals surface area contributed by atoms with Gasteiger partial charge in [-0.1, -0.05) is 6.92 Å². The van der Waals surface area contributed by atoms with Gasteiger partial charge >= 0.3 is 5.97 Å². The first-order chi connectivity index (χ1) is 11.4. The largest absolute Gasteiger partial charge is 0.465 e. The third-order valence-electron chi connectivity index (χ3n) is 4.22. The molecule has 0 saturated carbocycles. The molecule has 1 aromatic rings. The van der Waals surface area contributed by atoms with Crippen LogP contribution in [0.4, 0.5) is 4.39 Å². The molecule has 0 radical (unpaired) electrons. The van der Waals surface area contributed by atoms with Crippen molar-refractivity contribution in [1.82, 2.24) is 9.62 Å². The number of rotatable bonds is 6. The number of nitrogens with one attached hydrogen (secondary N) is 1. The molecular formula is C16H24ClFN2O4S. The van der Waals surface area contributed by atoms with E-state index in [1.165, 1.54) is 4.31 Å². The van der Waals surface area contributed by atoms with E-state index < -0.39 is 21.8 Å². The van der Waals surface area contributed by atoms with E-state index >= 15 is 0 Å². The molecule has 1 aliphatic heterocycles. The molecule has 142 valence electrons. The third kappa shape index (κ3) is 5.13. The number of carbonyl (C=O) groups excluding carboxylic acids is 1. The predicted molar refractivity (Wildman–Crippen MR) is 95.0 cm³/mol. The van der Waals surface area contributed by atoms with Gasteiger partial charge in [0.2, 0.25) is 10.0 Å². The molecule has 9 heteroatoms. The predicted octanol–water partition coefficient (Wildman–Crippen LogP) is 2.04. The Bertz CT molecular complexity index is 691. The Morgan fingerprint density at radius 2 is 2.00 bits per heavy atom. The molecule has 2 rings (SSSR count). The summed E-state index contributed by atoms with van der Waals surface area (Å²) in [5.74, 6) is -1.08. The van der Waals surface area contributed by atoms with Gasteiger partial charge < -0.3 is 10.1 Å². The molecule has 25 heavy (non-hydrogen) atoms. The van der Waals surface area contributed by atoms with Crippen molar-refractivity contribution in [2.75, 3.05) is 33.3 Å². The van der Waals surface area contributed by atoms with E-state index in [1.54, 1.807) is 0 Å². The molecule has 1 aliphatic rings. The molecule has 0 aromatic heterocycles. The number of nitrogens with zero attached hydrogens (tertiary/aromatic N) is 1. The summed E-state index contributed by atoms with van der Waals surface area (Å²) in [6.45, 7) is 4.48. The highest BCUT2D eigenvalue weighted by Crippen LogP contribution is 2.26. The number of esters is 1. The Morgan fingerprint density at radius 3 is 2.56 bits per heavy atom. The zero-order valence-electron chi connectivity index (χ0n) is 14.3. The molecule has 0 atom stereocenters. The molecular weight excluding hydrogens is 371 g/mol. The van der Waals surface area contributed by atoms with Crippen LogP contribution in [-0.4, -0.2) is 52.0 Å². The average Bonchev–Trinajstić information content (AvgIpc) is 2.59. The van der Waals surface area contributed by atoms with Crippen LogP contribution in [0.15, 0.2) is 23.1 Å². The van der Waals surface area contributed by atoms with Crippen LogP contribution in [0.25, 0.3) is 0 Å². The molecule has 1 saturated heterocycles. The van der Waals surface area contributed by atoms with Gasteiger partial charge in [0.15, 0.2) is 0 Å². The van der Waals surface area contributed by atoms with E-state index in [-0.39, 0.29) is 22.9 Å². The maximum absolute atomic E-state index is 13.6. The van der Waals surface area contributed by atoms with Crippen LogP contribution in [0, 0.1) is 11.7 Å². The second-order valence-electron chi connectivity index (χ2n) is 5.79. The van der Waals surface area contributed by atoms with Crippen LogP contribution in [0.5, 0.6) is 0 Å². The molecule has 6 nitrogen and oxygen atoms in total. The number of benzene rings is 1. The summed E-state index contributed by atoms with van der Waals surface area (Å²) in [7, 11) is -2.78. The van der Waals surface area contributed by atoms with Gasteiger partial charge in [-0.15, -0.1) is 12.4 Å². The zero-order chi connectivity index (χ0) is 17.7. The monoisotopic (exact) mass is 394 g/mol. The highest BCUT2D eigenvalue weighted by Gasteiger charge is 2.32. The Labute approximate surface area is 154 Å². The first-order valence-electron chi connectivity index (χ1n) is 7.98. The van der Waals surface area contributed by atoms with Gasteiger partial charge in [-0.3, -0.25) is 0 Å².